The van der Waals surface area contributed by atoms with Gasteiger partial charge in [0.05, 0.1) is 0 Å². The van der Waals surface area contributed by atoms with E-state index in [2.05, 4.69) is 67.6 Å². The zero-order chi connectivity index (χ0) is 17.7. The van der Waals surface area contributed by atoms with Crippen molar-refractivity contribution in [1.82, 2.24) is 15.5 Å². The Morgan fingerprint density at radius 1 is 1.31 bits per heavy atom. The standard InChI is InChI=1S/C20H31BrN4.HI/c1-3-11-25-12-7-18(8-13-25)24-19(22-2)23-15-20(9-10-20)16-5-4-6-17(21)14-16;/h4-6,14,18H,3,7-13,15H2,1-2H3,(H2,22,23,24);1H. The minimum atomic E-state index is 0. The number of guanidine groups is 1. The Kier molecular flexibility index (Phi) is 8.67. The second-order valence-electron chi connectivity index (χ2n) is 7.48. The Hall–Kier alpha value is -0.340. The number of nitrogens with one attached hydrogen (secondary N) is 2. The van der Waals surface area contributed by atoms with Crippen LogP contribution in [0.5, 0.6) is 0 Å². The number of halogens is 2. The highest BCUT2D eigenvalue weighted by Gasteiger charge is 2.44. The SMILES string of the molecule is CCCN1CCC(NC(=NC)NCC2(c3cccc(Br)c3)CC2)CC1.I. The van der Waals surface area contributed by atoms with E-state index in [9.17, 15) is 0 Å². The maximum Gasteiger partial charge on any atom is 0.191 e. The summed E-state index contributed by atoms with van der Waals surface area (Å²) in [4.78, 5) is 7.02. The number of piperidine rings is 1. The molecule has 0 bridgehead atoms. The Morgan fingerprint density at radius 3 is 2.62 bits per heavy atom. The summed E-state index contributed by atoms with van der Waals surface area (Å²) in [6, 6.07) is 9.28. The third-order valence-electron chi connectivity index (χ3n) is 5.58. The molecule has 1 heterocycles. The summed E-state index contributed by atoms with van der Waals surface area (Å²) in [5.74, 6) is 0.954. The minimum absolute atomic E-state index is 0. The maximum atomic E-state index is 4.45. The van der Waals surface area contributed by atoms with Gasteiger partial charge in [0.15, 0.2) is 5.96 Å². The predicted molar refractivity (Wildman–Crippen MR) is 125 cm³/mol. The molecule has 2 aliphatic rings. The molecule has 2 fully saturated rings. The highest BCUT2D eigenvalue weighted by Crippen LogP contribution is 2.48. The predicted octanol–water partition coefficient (Wildman–Crippen LogP) is 4.14. The Labute approximate surface area is 183 Å². The van der Waals surface area contributed by atoms with Gasteiger partial charge in [-0.1, -0.05) is 35.0 Å². The summed E-state index contributed by atoms with van der Waals surface area (Å²) in [5, 5.41) is 7.22. The fourth-order valence-corrected chi connectivity index (χ4v) is 4.19. The molecule has 146 valence electrons. The van der Waals surface area contributed by atoms with Gasteiger partial charge in [0.25, 0.3) is 0 Å². The third kappa shape index (κ3) is 5.83. The van der Waals surface area contributed by atoms with Crippen LogP contribution in [0.4, 0.5) is 0 Å². The van der Waals surface area contributed by atoms with E-state index in [1.54, 1.807) is 0 Å². The van der Waals surface area contributed by atoms with Crippen molar-refractivity contribution in [3.63, 3.8) is 0 Å². The van der Waals surface area contributed by atoms with Gasteiger partial charge in [-0.2, -0.15) is 0 Å². The normalized spacial score (nSPS) is 20.3. The number of hydrogen-bond acceptors (Lipinski definition) is 2. The first kappa shape index (κ1) is 22.0. The van der Waals surface area contributed by atoms with Crippen molar-refractivity contribution >= 4 is 45.9 Å². The molecule has 0 radical (unpaired) electrons. The molecule has 1 aliphatic carbocycles. The first-order valence-corrected chi connectivity index (χ1v) is 10.4. The topological polar surface area (TPSA) is 39.7 Å². The second kappa shape index (κ2) is 10.3. The highest BCUT2D eigenvalue weighted by molar-refractivity contribution is 14.0. The van der Waals surface area contributed by atoms with Crippen LogP contribution in [-0.4, -0.2) is 50.1 Å². The van der Waals surface area contributed by atoms with E-state index in [1.165, 1.54) is 57.3 Å². The van der Waals surface area contributed by atoms with Gasteiger partial charge in [-0.15, -0.1) is 24.0 Å². The quantitative estimate of drug-likeness (QED) is 0.327. The fraction of sp³-hybridized carbons (Fsp3) is 0.650. The van der Waals surface area contributed by atoms with Gasteiger partial charge in [-0.25, -0.2) is 0 Å². The lowest BCUT2D eigenvalue weighted by Crippen LogP contribution is -2.49. The van der Waals surface area contributed by atoms with Gasteiger partial charge in [0.1, 0.15) is 0 Å². The summed E-state index contributed by atoms with van der Waals surface area (Å²) in [6.07, 6.45) is 6.17. The maximum absolute atomic E-state index is 4.45. The van der Waals surface area contributed by atoms with Crippen molar-refractivity contribution in [3.8, 4) is 0 Å². The van der Waals surface area contributed by atoms with Crippen molar-refractivity contribution in [2.24, 2.45) is 4.99 Å². The first-order valence-electron chi connectivity index (χ1n) is 9.61. The lowest BCUT2D eigenvalue weighted by atomic mass is 9.96. The van der Waals surface area contributed by atoms with Crippen molar-refractivity contribution < 1.29 is 0 Å². The van der Waals surface area contributed by atoms with Crippen molar-refractivity contribution in [3.05, 3.63) is 34.3 Å². The molecule has 1 saturated heterocycles. The summed E-state index contributed by atoms with van der Waals surface area (Å²) in [6.45, 7) is 6.84. The molecule has 4 nitrogen and oxygen atoms in total. The van der Waals surface area contributed by atoms with E-state index >= 15 is 0 Å². The summed E-state index contributed by atoms with van der Waals surface area (Å²) >= 11 is 3.60. The molecular formula is C20H32BrIN4. The van der Waals surface area contributed by atoms with Gasteiger partial charge < -0.3 is 15.5 Å². The van der Waals surface area contributed by atoms with E-state index in [-0.39, 0.29) is 29.4 Å². The van der Waals surface area contributed by atoms with Crippen LogP contribution in [0.1, 0.15) is 44.6 Å². The summed E-state index contributed by atoms with van der Waals surface area (Å²) in [5.41, 5.74) is 1.71. The number of aliphatic imine (C=N–C) groups is 1. The van der Waals surface area contributed by atoms with Gasteiger partial charge in [0, 0.05) is 42.6 Å². The molecule has 6 heteroatoms. The molecule has 1 saturated carbocycles. The molecule has 0 aromatic heterocycles. The average Bonchev–Trinajstić information content (AvgIpc) is 3.41. The summed E-state index contributed by atoms with van der Waals surface area (Å²) < 4.78 is 1.16. The van der Waals surface area contributed by atoms with Crippen LogP contribution in [0.25, 0.3) is 0 Å². The van der Waals surface area contributed by atoms with Crippen LogP contribution in [0.3, 0.4) is 0 Å². The van der Waals surface area contributed by atoms with Crippen LogP contribution in [0, 0.1) is 0 Å². The number of hydrogen-bond donors (Lipinski definition) is 2. The summed E-state index contributed by atoms with van der Waals surface area (Å²) in [7, 11) is 1.88. The Balaban J connectivity index is 0.00000243. The smallest absolute Gasteiger partial charge is 0.191 e. The lowest BCUT2D eigenvalue weighted by molar-refractivity contribution is 0.206. The van der Waals surface area contributed by atoms with Gasteiger partial charge >= 0.3 is 0 Å². The molecule has 1 aromatic rings. The Bertz CT molecular complexity index is 595. The number of nitrogens with zero attached hydrogens (tertiary/aromatic N) is 2. The van der Waals surface area contributed by atoms with Crippen molar-refractivity contribution in [1.29, 1.82) is 0 Å². The van der Waals surface area contributed by atoms with E-state index in [1.807, 2.05) is 7.05 Å². The highest BCUT2D eigenvalue weighted by atomic mass is 127. The van der Waals surface area contributed by atoms with Crippen molar-refractivity contribution in [2.75, 3.05) is 33.2 Å². The molecule has 2 N–H and O–H groups in total. The monoisotopic (exact) mass is 534 g/mol. The van der Waals surface area contributed by atoms with Gasteiger partial charge in [0.2, 0.25) is 0 Å². The van der Waals surface area contributed by atoms with Crippen LogP contribution in [0.2, 0.25) is 0 Å². The molecule has 3 rings (SSSR count). The molecule has 0 unspecified atom stereocenters. The molecule has 1 aliphatic heterocycles. The van der Waals surface area contributed by atoms with Crippen molar-refractivity contribution in [2.45, 2.75) is 50.5 Å². The Morgan fingerprint density at radius 2 is 2.04 bits per heavy atom. The van der Waals surface area contributed by atoms with Crippen LogP contribution in [-0.2, 0) is 5.41 Å². The minimum Gasteiger partial charge on any atom is -0.356 e. The van der Waals surface area contributed by atoms with Gasteiger partial charge in [-0.05, 0) is 56.3 Å². The van der Waals surface area contributed by atoms with Crippen LogP contribution >= 0.6 is 39.9 Å². The molecular weight excluding hydrogens is 503 g/mol. The molecule has 0 amide bonds. The molecule has 0 atom stereocenters. The zero-order valence-corrected chi connectivity index (χ0v) is 19.8. The molecule has 26 heavy (non-hydrogen) atoms. The second-order valence-corrected chi connectivity index (χ2v) is 8.39. The van der Waals surface area contributed by atoms with Crippen LogP contribution < -0.4 is 10.6 Å². The molecule has 0 spiro atoms. The number of rotatable bonds is 6. The van der Waals surface area contributed by atoms with Crippen LogP contribution in [0.15, 0.2) is 33.7 Å². The van der Waals surface area contributed by atoms with E-state index in [0.29, 0.717) is 6.04 Å². The van der Waals surface area contributed by atoms with E-state index < -0.39 is 0 Å². The average molecular weight is 535 g/mol. The lowest BCUT2D eigenvalue weighted by Gasteiger charge is -2.33. The third-order valence-corrected chi connectivity index (χ3v) is 6.07. The molecule has 1 aromatic carbocycles. The van der Waals surface area contributed by atoms with E-state index in [4.69, 9.17) is 0 Å². The van der Waals surface area contributed by atoms with Gasteiger partial charge in [-0.3, -0.25) is 4.99 Å². The largest absolute Gasteiger partial charge is 0.356 e. The number of benzene rings is 1. The first-order chi connectivity index (χ1) is 12.1. The van der Waals surface area contributed by atoms with E-state index in [0.717, 1.165) is 17.0 Å². The zero-order valence-electron chi connectivity index (χ0n) is 15.9. The fourth-order valence-electron chi connectivity index (χ4n) is 3.79. The number of likely N-dealkylation sites (tertiary alicyclic amines) is 1.